The molecule has 0 spiro atoms. The molecule has 23 heavy (non-hydrogen) atoms. The number of carbonyl (C=O) groups excluding carboxylic acids is 1. The van der Waals surface area contributed by atoms with E-state index in [0.29, 0.717) is 29.6 Å². The molecule has 0 fully saturated rings. The Balaban J connectivity index is 0.00000264. The molecule has 0 radical (unpaired) electrons. The summed E-state index contributed by atoms with van der Waals surface area (Å²) in [6, 6.07) is 10.6. The number of carbonyl (C=O) groups is 1. The van der Waals surface area contributed by atoms with Gasteiger partial charge >= 0.3 is 0 Å². The van der Waals surface area contributed by atoms with Gasteiger partial charge in [0.1, 0.15) is 12.4 Å². The lowest BCUT2D eigenvalue weighted by molar-refractivity contribution is -0.129. The predicted molar refractivity (Wildman–Crippen MR) is 94.2 cm³/mol. The van der Waals surface area contributed by atoms with Gasteiger partial charge in [-0.05, 0) is 36.4 Å². The van der Waals surface area contributed by atoms with Crippen LogP contribution in [0.25, 0.3) is 0 Å². The molecule has 0 bridgehead atoms. The SMILES string of the molecule is CN(CCOc1ccc(Cl)cc1)C(=O)Cc1ccc(N)cn1.Cl. The van der Waals surface area contributed by atoms with Gasteiger partial charge in [0.15, 0.2) is 0 Å². The highest BCUT2D eigenvalue weighted by Crippen LogP contribution is 2.15. The van der Waals surface area contributed by atoms with Crippen LogP contribution in [-0.4, -0.2) is 36.0 Å². The lowest BCUT2D eigenvalue weighted by Gasteiger charge is -2.17. The smallest absolute Gasteiger partial charge is 0.228 e. The molecular weight excluding hydrogens is 337 g/mol. The minimum absolute atomic E-state index is 0. The number of nitrogens with two attached hydrogens (primary N) is 1. The Bertz CT molecular complexity index is 618. The summed E-state index contributed by atoms with van der Waals surface area (Å²) >= 11 is 5.80. The minimum Gasteiger partial charge on any atom is -0.492 e. The molecule has 7 heteroatoms. The molecule has 124 valence electrons. The number of pyridine rings is 1. The molecule has 0 atom stereocenters. The largest absolute Gasteiger partial charge is 0.492 e. The standard InChI is InChI=1S/C16H18ClN3O2.ClH/c1-20(8-9-22-15-6-2-12(17)3-7-15)16(21)10-14-5-4-13(18)11-19-14;/h2-7,11H,8-10,18H2,1H3;1H. The maximum Gasteiger partial charge on any atom is 0.228 e. The third-order valence-electron chi connectivity index (χ3n) is 3.11. The quantitative estimate of drug-likeness (QED) is 0.864. The molecule has 0 aliphatic heterocycles. The fourth-order valence-corrected chi connectivity index (χ4v) is 1.91. The number of benzene rings is 1. The Morgan fingerprint density at radius 2 is 1.96 bits per heavy atom. The lowest BCUT2D eigenvalue weighted by Crippen LogP contribution is -2.32. The van der Waals surface area contributed by atoms with Crippen LogP contribution >= 0.6 is 24.0 Å². The molecule has 0 unspecified atom stereocenters. The van der Waals surface area contributed by atoms with E-state index in [0.717, 1.165) is 5.75 Å². The van der Waals surface area contributed by atoms with Gasteiger partial charge < -0.3 is 15.4 Å². The third-order valence-corrected chi connectivity index (χ3v) is 3.37. The van der Waals surface area contributed by atoms with Crippen molar-refractivity contribution in [1.29, 1.82) is 0 Å². The van der Waals surface area contributed by atoms with Crippen LogP contribution in [0.1, 0.15) is 5.69 Å². The zero-order valence-corrected chi connectivity index (χ0v) is 14.3. The zero-order chi connectivity index (χ0) is 15.9. The summed E-state index contributed by atoms with van der Waals surface area (Å²) in [6.07, 6.45) is 1.80. The van der Waals surface area contributed by atoms with Crippen LogP contribution in [0.15, 0.2) is 42.6 Å². The van der Waals surface area contributed by atoms with Gasteiger partial charge in [-0.15, -0.1) is 12.4 Å². The van der Waals surface area contributed by atoms with E-state index < -0.39 is 0 Å². The first-order valence-corrected chi connectivity index (χ1v) is 7.25. The van der Waals surface area contributed by atoms with Crippen LogP contribution in [0.4, 0.5) is 5.69 Å². The Labute approximate surface area is 146 Å². The van der Waals surface area contributed by atoms with Crippen molar-refractivity contribution in [1.82, 2.24) is 9.88 Å². The van der Waals surface area contributed by atoms with E-state index in [-0.39, 0.29) is 24.7 Å². The van der Waals surface area contributed by atoms with E-state index in [1.165, 1.54) is 0 Å². The number of hydrogen-bond acceptors (Lipinski definition) is 4. The first kappa shape index (κ1) is 19.1. The second kappa shape index (κ2) is 9.22. The number of aromatic nitrogens is 1. The topological polar surface area (TPSA) is 68.5 Å². The Kier molecular flexibility index (Phi) is 7.65. The fourth-order valence-electron chi connectivity index (χ4n) is 1.79. The number of hydrogen-bond donors (Lipinski definition) is 1. The lowest BCUT2D eigenvalue weighted by atomic mass is 10.2. The number of likely N-dealkylation sites (N-methyl/N-ethyl adjacent to an activating group) is 1. The first-order chi connectivity index (χ1) is 10.5. The van der Waals surface area contributed by atoms with Crippen molar-refractivity contribution in [3.8, 4) is 5.75 Å². The van der Waals surface area contributed by atoms with Crippen molar-refractivity contribution in [2.24, 2.45) is 0 Å². The van der Waals surface area contributed by atoms with E-state index in [9.17, 15) is 4.79 Å². The monoisotopic (exact) mass is 355 g/mol. The molecule has 5 nitrogen and oxygen atoms in total. The van der Waals surface area contributed by atoms with Gasteiger partial charge in [-0.1, -0.05) is 11.6 Å². The summed E-state index contributed by atoms with van der Waals surface area (Å²) in [5.41, 5.74) is 6.85. The van der Waals surface area contributed by atoms with Crippen LogP contribution in [0.3, 0.4) is 0 Å². The molecule has 0 saturated heterocycles. The summed E-state index contributed by atoms with van der Waals surface area (Å²) in [4.78, 5) is 17.8. The number of rotatable bonds is 6. The molecule has 0 aliphatic carbocycles. The highest BCUT2D eigenvalue weighted by molar-refractivity contribution is 6.30. The van der Waals surface area contributed by atoms with E-state index in [2.05, 4.69) is 4.98 Å². The molecule has 1 aromatic carbocycles. The molecule has 2 rings (SSSR count). The highest BCUT2D eigenvalue weighted by atomic mass is 35.5. The van der Waals surface area contributed by atoms with Crippen molar-refractivity contribution in [3.05, 3.63) is 53.3 Å². The van der Waals surface area contributed by atoms with Gasteiger partial charge in [0.25, 0.3) is 0 Å². The summed E-state index contributed by atoms with van der Waals surface area (Å²) in [5.74, 6) is 0.711. The van der Waals surface area contributed by atoms with Crippen molar-refractivity contribution in [2.45, 2.75) is 6.42 Å². The Morgan fingerprint density at radius 3 is 2.57 bits per heavy atom. The average molecular weight is 356 g/mol. The van der Waals surface area contributed by atoms with Crippen LogP contribution in [0.5, 0.6) is 5.75 Å². The number of amides is 1. The number of halogens is 2. The van der Waals surface area contributed by atoms with Gasteiger partial charge in [0.2, 0.25) is 5.91 Å². The predicted octanol–water partition coefficient (Wildman–Crippen LogP) is 2.82. The highest BCUT2D eigenvalue weighted by Gasteiger charge is 2.10. The molecule has 2 aromatic rings. The summed E-state index contributed by atoms with van der Waals surface area (Å²) < 4.78 is 5.56. The Morgan fingerprint density at radius 1 is 1.26 bits per heavy atom. The van der Waals surface area contributed by atoms with E-state index in [1.807, 2.05) is 0 Å². The molecule has 0 saturated carbocycles. The second-order valence-corrected chi connectivity index (χ2v) is 5.31. The third kappa shape index (κ3) is 6.34. The van der Waals surface area contributed by atoms with E-state index in [1.54, 1.807) is 54.5 Å². The zero-order valence-electron chi connectivity index (χ0n) is 12.7. The van der Waals surface area contributed by atoms with Crippen LogP contribution in [0, 0.1) is 0 Å². The molecule has 0 aliphatic rings. The van der Waals surface area contributed by atoms with Gasteiger partial charge in [-0.25, -0.2) is 0 Å². The summed E-state index contributed by atoms with van der Waals surface area (Å²) in [7, 11) is 1.74. The molecule has 2 N–H and O–H groups in total. The van der Waals surface area contributed by atoms with Gasteiger partial charge in [-0.3, -0.25) is 9.78 Å². The number of nitrogens with zero attached hydrogens (tertiary/aromatic N) is 2. The van der Waals surface area contributed by atoms with Crippen LogP contribution in [-0.2, 0) is 11.2 Å². The maximum absolute atomic E-state index is 12.1. The van der Waals surface area contributed by atoms with Crippen molar-refractivity contribution >= 4 is 35.6 Å². The fraction of sp³-hybridized carbons (Fsp3) is 0.250. The van der Waals surface area contributed by atoms with Crippen LogP contribution < -0.4 is 10.5 Å². The normalized spacial score (nSPS) is 9.83. The number of ether oxygens (including phenoxy) is 1. The van der Waals surface area contributed by atoms with E-state index in [4.69, 9.17) is 22.1 Å². The van der Waals surface area contributed by atoms with Gasteiger partial charge in [0, 0.05) is 17.8 Å². The van der Waals surface area contributed by atoms with Gasteiger partial charge in [-0.2, -0.15) is 0 Å². The molecular formula is C16H19Cl2N3O2. The summed E-state index contributed by atoms with van der Waals surface area (Å²) in [5, 5.41) is 0.663. The molecule has 1 amide bonds. The minimum atomic E-state index is -0.0167. The van der Waals surface area contributed by atoms with Crippen molar-refractivity contribution in [3.63, 3.8) is 0 Å². The number of nitrogen functional groups attached to an aromatic ring is 1. The van der Waals surface area contributed by atoms with Crippen molar-refractivity contribution in [2.75, 3.05) is 25.9 Å². The summed E-state index contributed by atoms with van der Waals surface area (Å²) in [6.45, 7) is 0.912. The van der Waals surface area contributed by atoms with Crippen LogP contribution in [0.2, 0.25) is 5.02 Å². The molecule has 1 aromatic heterocycles. The Hall–Kier alpha value is -1.98. The molecule has 1 heterocycles. The van der Waals surface area contributed by atoms with Crippen molar-refractivity contribution < 1.29 is 9.53 Å². The maximum atomic E-state index is 12.1. The second-order valence-electron chi connectivity index (χ2n) is 4.88. The average Bonchev–Trinajstić information content (AvgIpc) is 2.51. The number of anilines is 1. The van der Waals surface area contributed by atoms with E-state index >= 15 is 0 Å². The van der Waals surface area contributed by atoms with Gasteiger partial charge in [0.05, 0.1) is 24.8 Å². The first-order valence-electron chi connectivity index (χ1n) is 6.87.